The van der Waals surface area contributed by atoms with E-state index in [2.05, 4.69) is 21.2 Å². The van der Waals surface area contributed by atoms with E-state index in [0.717, 1.165) is 34.5 Å². The Balaban J connectivity index is 2.34. The number of nitrogens with one attached hydrogen (secondary N) is 1. The molecule has 0 aliphatic heterocycles. The van der Waals surface area contributed by atoms with Crippen LogP contribution in [0.2, 0.25) is 0 Å². The van der Waals surface area contributed by atoms with Crippen molar-refractivity contribution >= 4 is 43.5 Å². The highest BCUT2D eigenvalue weighted by Crippen LogP contribution is 2.23. The Labute approximate surface area is 205 Å². The van der Waals surface area contributed by atoms with Crippen LogP contribution in [0.1, 0.15) is 37.8 Å². The highest BCUT2D eigenvalue weighted by Gasteiger charge is 2.30. The van der Waals surface area contributed by atoms with E-state index in [1.165, 1.54) is 4.90 Å². The molecule has 9 heteroatoms. The Hall–Kier alpha value is -2.39. The number of halogens is 1. The third-order valence-electron chi connectivity index (χ3n) is 5.21. The highest BCUT2D eigenvalue weighted by molar-refractivity contribution is 9.10. The van der Waals surface area contributed by atoms with E-state index in [1.807, 2.05) is 38.1 Å². The van der Waals surface area contributed by atoms with Gasteiger partial charge in [-0.2, -0.15) is 0 Å². The number of carbonyl (C=O) groups excluding carboxylic acids is 2. The van der Waals surface area contributed by atoms with Crippen molar-refractivity contribution in [2.75, 3.05) is 23.7 Å². The minimum atomic E-state index is -3.74. The summed E-state index contributed by atoms with van der Waals surface area (Å²) in [5.74, 6) is -0.724. The molecule has 1 atom stereocenters. The van der Waals surface area contributed by atoms with Crippen LogP contribution >= 0.6 is 15.9 Å². The number of sulfonamides is 1. The van der Waals surface area contributed by atoms with Gasteiger partial charge in [-0.3, -0.25) is 13.9 Å². The SMILES string of the molecule is CCCCNC(=O)C(C)N(Cc1cccc(C)c1)C(=O)CN(c1cccc(Br)c1)S(C)(=O)=O. The summed E-state index contributed by atoms with van der Waals surface area (Å²) in [4.78, 5) is 27.7. The number of nitrogens with zero attached hydrogens (tertiary/aromatic N) is 2. The van der Waals surface area contributed by atoms with Gasteiger partial charge < -0.3 is 10.2 Å². The standard InChI is InChI=1S/C24H32BrN3O4S/c1-5-6-13-26-24(30)19(3)27(16-20-10-7-9-18(2)14-20)23(29)17-28(33(4,31)32)22-12-8-11-21(25)15-22/h7-12,14-15,19H,5-6,13,16-17H2,1-4H3,(H,26,30). The summed E-state index contributed by atoms with van der Waals surface area (Å²) in [6, 6.07) is 13.7. The van der Waals surface area contributed by atoms with Crippen molar-refractivity contribution in [2.45, 2.75) is 46.2 Å². The van der Waals surface area contributed by atoms with Crippen molar-refractivity contribution in [1.82, 2.24) is 10.2 Å². The van der Waals surface area contributed by atoms with Gasteiger partial charge in [0.15, 0.2) is 0 Å². The van der Waals surface area contributed by atoms with Crippen LogP contribution in [0.5, 0.6) is 0 Å². The molecule has 2 rings (SSSR count). The van der Waals surface area contributed by atoms with Crippen LogP contribution in [-0.2, 0) is 26.2 Å². The average Bonchev–Trinajstić information content (AvgIpc) is 2.74. The molecule has 33 heavy (non-hydrogen) atoms. The lowest BCUT2D eigenvalue weighted by atomic mass is 10.1. The van der Waals surface area contributed by atoms with Crippen molar-refractivity contribution in [2.24, 2.45) is 0 Å². The molecule has 2 aromatic rings. The predicted molar refractivity (Wildman–Crippen MR) is 135 cm³/mol. The Morgan fingerprint density at radius 1 is 1.12 bits per heavy atom. The van der Waals surface area contributed by atoms with Crippen LogP contribution in [0, 0.1) is 6.92 Å². The Kier molecular flexibility index (Phi) is 9.91. The number of anilines is 1. The minimum Gasteiger partial charge on any atom is -0.354 e. The molecule has 0 bridgehead atoms. The first-order chi connectivity index (χ1) is 15.5. The topological polar surface area (TPSA) is 86.8 Å². The number of rotatable bonds is 11. The molecule has 0 saturated carbocycles. The largest absolute Gasteiger partial charge is 0.354 e. The fourth-order valence-electron chi connectivity index (χ4n) is 3.37. The van der Waals surface area contributed by atoms with E-state index in [4.69, 9.17) is 0 Å². The summed E-state index contributed by atoms with van der Waals surface area (Å²) in [5.41, 5.74) is 2.27. The molecule has 0 aliphatic carbocycles. The molecule has 0 spiro atoms. The van der Waals surface area contributed by atoms with E-state index in [1.54, 1.807) is 31.2 Å². The van der Waals surface area contributed by atoms with Crippen LogP contribution in [0.4, 0.5) is 5.69 Å². The zero-order valence-electron chi connectivity index (χ0n) is 19.5. The van der Waals surface area contributed by atoms with E-state index in [-0.39, 0.29) is 12.5 Å². The van der Waals surface area contributed by atoms with Gasteiger partial charge in [0.2, 0.25) is 21.8 Å². The lowest BCUT2D eigenvalue weighted by Crippen LogP contribution is -2.51. The number of unbranched alkanes of at least 4 members (excludes halogenated alkanes) is 1. The lowest BCUT2D eigenvalue weighted by molar-refractivity contribution is -0.139. The van der Waals surface area contributed by atoms with Crippen molar-refractivity contribution in [3.63, 3.8) is 0 Å². The normalized spacial score (nSPS) is 12.2. The van der Waals surface area contributed by atoms with Gasteiger partial charge in [0.1, 0.15) is 12.6 Å². The third-order valence-corrected chi connectivity index (χ3v) is 6.84. The van der Waals surface area contributed by atoms with Gasteiger partial charge in [-0.1, -0.05) is 65.2 Å². The third kappa shape index (κ3) is 8.16. The molecule has 180 valence electrons. The van der Waals surface area contributed by atoms with Crippen LogP contribution in [0.3, 0.4) is 0 Å². The number of aryl methyl sites for hydroxylation is 1. The maximum absolute atomic E-state index is 13.5. The van der Waals surface area contributed by atoms with Crippen LogP contribution in [0.15, 0.2) is 53.0 Å². The molecule has 1 unspecified atom stereocenters. The first-order valence-electron chi connectivity index (χ1n) is 10.9. The number of benzene rings is 2. The summed E-state index contributed by atoms with van der Waals surface area (Å²) in [6.07, 6.45) is 2.85. The van der Waals surface area contributed by atoms with E-state index in [0.29, 0.717) is 16.7 Å². The number of amides is 2. The number of hydrogen-bond donors (Lipinski definition) is 1. The van der Waals surface area contributed by atoms with Gasteiger partial charge in [0.25, 0.3) is 0 Å². The molecule has 0 fully saturated rings. The van der Waals surface area contributed by atoms with Gasteiger partial charge in [-0.05, 0) is 44.0 Å². The predicted octanol–water partition coefficient (Wildman–Crippen LogP) is 3.86. The van der Waals surface area contributed by atoms with Crippen molar-refractivity contribution in [1.29, 1.82) is 0 Å². The maximum Gasteiger partial charge on any atom is 0.244 e. The molecule has 0 heterocycles. The first kappa shape index (κ1) is 26.9. The summed E-state index contributed by atoms with van der Waals surface area (Å²) >= 11 is 3.35. The van der Waals surface area contributed by atoms with E-state index >= 15 is 0 Å². The molecular weight excluding hydrogens is 506 g/mol. The monoisotopic (exact) mass is 537 g/mol. The zero-order valence-corrected chi connectivity index (χ0v) is 21.9. The molecule has 0 radical (unpaired) electrons. The van der Waals surface area contributed by atoms with Gasteiger partial charge in [0.05, 0.1) is 11.9 Å². The molecule has 2 amide bonds. The Morgan fingerprint density at radius 2 is 1.82 bits per heavy atom. The van der Waals surface area contributed by atoms with Crippen molar-refractivity contribution in [3.8, 4) is 0 Å². The van der Waals surface area contributed by atoms with E-state index < -0.39 is 28.5 Å². The quantitative estimate of drug-likeness (QED) is 0.441. The average molecular weight is 539 g/mol. The van der Waals surface area contributed by atoms with Gasteiger partial charge in [0, 0.05) is 17.6 Å². The highest BCUT2D eigenvalue weighted by atomic mass is 79.9. The maximum atomic E-state index is 13.5. The van der Waals surface area contributed by atoms with E-state index in [9.17, 15) is 18.0 Å². The number of carbonyl (C=O) groups is 2. The zero-order chi connectivity index (χ0) is 24.6. The molecule has 0 aromatic heterocycles. The second kappa shape index (κ2) is 12.2. The fraction of sp³-hybridized carbons (Fsp3) is 0.417. The summed E-state index contributed by atoms with van der Waals surface area (Å²) in [7, 11) is -3.74. The summed E-state index contributed by atoms with van der Waals surface area (Å²) in [6.45, 7) is 5.96. The second-order valence-corrected chi connectivity index (χ2v) is 10.9. The number of hydrogen-bond acceptors (Lipinski definition) is 4. The lowest BCUT2D eigenvalue weighted by Gasteiger charge is -2.31. The van der Waals surface area contributed by atoms with Crippen LogP contribution in [0.25, 0.3) is 0 Å². The first-order valence-corrected chi connectivity index (χ1v) is 13.5. The van der Waals surface area contributed by atoms with Crippen molar-refractivity contribution in [3.05, 3.63) is 64.1 Å². The molecular formula is C24H32BrN3O4S. The Bertz CT molecular complexity index is 1070. The van der Waals surface area contributed by atoms with Crippen molar-refractivity contribution < 1.29 is 18.0 Å². The molecule has 2 aromatic carbocycles. The fourth-order valence-corrected chi connectivity index (χ4v) is 4.60. The second-order valence-electron chi connectivity index (χ2n) is 8.08. The smallest absolute Gasteiger partial charge is 0.244 e. The van der Waals surface area contributed by atoms with Crippen LogP contribution in [-0.4, -0.2) is 50.5 Å². The molecule has 0 saturated heterocycles. The molecule has 1 N–H and O–H groups in total. The van der Waals surface area contributed by atoms with Gasteiger partial charge in [-0.15, -0.1) is 0 Å². The molecule has 7 nitrogen and oxygen atoms in total. The Morgan fingerprint density at radius 3 is 2.42 bits per heavy atom. The minimum absolute atomic E-state index is 0.193. The summed E-state index contributed by atoms with van der Waals surface area (Å²) < 4.78 is 26.8. The van der Waals surface area contributed by atoms with Gasteiger partial charge >= 0.3 is 0 Å². The van der Waals surface area contributed by atoms with Gasteiger partial charge in [-0.25, -0.2) is 8.42 Å². The van der Waals surface area contributed by atoms with Crippen LogP contribution < -0.4 is 9.62 Å². The molecule has 0 aliphatic rings. The summed E-state index contributed by atoms with van der Waals surface area (Å²) in [5, 5.41) is 2.87.